The van der Waals surface area contributed by atoms with Crippen molar-refractivity contribution in [3.63, 3.8) is 0 Å². The summed E-state index contributed by atoms with van der Waals surface area (Å²) in [4.78, 5) is 19.9. The van der Waals surface area contributed by atoms with Crippen LogP contribution in [0.25, 0.3) is 0 Å². The highest BCUT2D eigenvalue weighted by Crippen LogP contribution is 1.97. The first-order chi connectivity index (χ1) is 4.63. The number of thioether (sulfide) groups is 1. The molecule has 3 nitrogen and oxygen atoms in total. The molecule has 0 spiro atoms. The Hall–Kier alpha value is -0.580. The first-order valence-electron chi connectivity index (χ1n) is 2.69. The van der Waals surface area contributed by atoms with Gasteiger partial charge in [-0.1, -0.05) is 11.8 Å². The maximum absolute atomic E-state index is 11.4. The van der Waals surface area contributed by atoms with Gasteiger partial charge in [-0.15, -0.1) is 4.39 Å². The predicted octanol–water partition coefficient (Wildman–Crippen LogP) is 0.945. The lowest BCUT2D eigenvalue weighted by atomic mass is 10.7. The van der Waals surface area contributed by atoms with Crippen molar-refractivity contribution in [3.8, 4) is 0 Å². The zero-order valence-electron chi connectivity index (χ0n) is 5.52. The fourth-order valence-corrected chi connectivity index (χ4v) is 0.836. The Bertz CT molecular complexity index is 124. The Balaban J connectivity index is 3.06. The van der Waals surface area contributed by atoms with Gasteiger partial charge in [0.05, 0.1) is 0 Å². The molecule has 0 aromatic heterocycles. The van der Waals surface area contributed by atoms with Gasteiger partial charge in [0.15, 0.2) is 5.12 Å². The molecule has 0 aromatic rings. The molecule has 1 N–H and O–H groups in total. The van der Waals surface area contributed by atoms with E-state index in [1.165, 1.54) is 6.92 Å². The summed E-state index contributed by atoms with van der Waals surface area (Å²) in [5, 5.41) is 1.89. The maximum Gasteiger partial charge on any atom is 0.397 e. The zero-order chi connectivity index (χ0) is 7.98. The molecule has 0 saturated carbocycles. The molecule has 1 amide bonds. The molecule has 0 saturated heterocycles. The molecular formula is C5H8FNO2S. The third kappa shape index (κ3) is 7.42. The highest BCUT2D eigenvalue weighted by molar-refractivity contribution is 8.13. The van der Waals surface area contributed by atoms with E-state index in [4.69, 9.17) is 0 Å². The third-order valence-electron chi connectivity index (χ3n) is 0.671. The fourth-order valence-electron chi connectivity index (χ4n) is 0.344. The van der Waals surface area contributed by atoms with Crippen LogP contribution in [-0.2, 0) is 4.79 Å². The SMILES string of the molecule is CC(=O)SCCNC(=O)F. The van der Waals surface area contributed by atoms with E-state index in [-0.39, 0.29) is 11.7 Å². The summed E-state index contributed by atoms with van der Waals surface area (Å²) in [5.41, 5.74) is 0. The first kappa shape index (κ1) is 9.42. The van der Waals surface area contributed by atoms with Crippen molar-refractivity contribution in [2.75, 3.05) is 12.3 Å². The van der Waals surface area contributed by atoms with Crippen LogP contribution < -0.4 is 5.32 Å². The second kappa shape index (κ2) is 5.22. The number of carbonyl (C=O) groups is 2. The minimum absolute atomic E-state index is 0.0342. The largest absolute Gasteiger partial charge is 0.397 e. The van der Waals surface area contributed by atoms with Gasteiger partial charge in [0, 0.05) is 19.2 Å². The van der Waals surface area contributed by atoms with E-state index in [0.717, 1.165) is 11.8 Å². The summed E-state index contributed by atoms with van der Waals surface area (Å²) in [6.07, 6.45) is -1.55. The van der Waals surface area contributed by atoms with Crippen molar-refractivity contribution in [3.05, 3.63) is 0 Å². The lowest BCUT2D eigenvalue weighted by molar-refractivity contribution is -0.109. The van der Waals surface area contributed by atoms with Gasteiger partial charge in [0.2, 0.25) is 0 Å². The number of rotatable bonds is 3. The van der Waals surface area contributed by atoms with Crippen molar-refractivity contribution in [2.24, 2.45) is 0 Å². The van der Waals surface area contributed by atoms with Crippen molar-refractivity contribution in [1.29, 1.82) is 0 Å². The van der Waals surface area contributed by atoms with Crippen molar-refractivity contribution in [1.82, 2.24) is 5.32 Å². The zero-order valence-corrected chi connectivity index (χ0v) is 6.33. The minimum Gasteiger partial charge on any atom is -0.327 e. The number of carbonyl (C=O) groups excluding carboxylic acids is 2. The van der Waals surface area contributed by atoms with E-state index in [1.54, 1.807) is 0 Å². The summed E-state index contributed by atoms with van der Waals surface area (Å²) in [6, 6.07) is 0. The summed E-state index contributed by atoms with van der Waals surface area (Å²) in [5.74, 6) is 0.422. The molecule has 10 heavy (non-hydrogen) atoms. The highest BCUT2D eigenvalue weighted by atomic mass is 32.2. The van der Waals surface area contributed by atoms with Gasteiger partial charge in [-0.2, -0.15) is 0 Å². The van der Waals surface area contributed by atoms with Crippen LogP contribution in [0.1, 0.15) is 6.92 Å². The molecule has 0 radical (unpaired) electrons. The van der Waals surface area contributed by atoms with Crippen LogP contribution in [-0.4, -0.2) is 23.6 Å². The van der Waals surface area contributed by atoms with Gasteiger partial charge in [0.1, 0.15) is 0 Å². The molecule has 5 heteroatoms. The lowest BCUT2D eigenvalue weighted by Crippen LogP contribution is -2.20. The van der Waals surface area contributed by atoms with E-state index < -0.39 is 6.16 Å². The van der Waals surface area contributed by atoms with Crippen LogP contribution in [0.2, 0.25) is 0 Å². The fraction of sp³-hybridized carbons (Fsp3) is 0.600. The van der Waals surface area contributed by atoms with Gasteiger partial charge >= 0.3 is 6.16 Å². The Morgan fingerprint density at radius 1 is 1.60 bits per heavy atom. The monoisotopic (exact) mass is 165 g/mol. The van der Waals surface area contributed by atoms with Gasteiger partial charge < -0.3 is 5.32 Å². The summed E-state index contributed by atoms with van der Waals surface area (Å²) in [7, 11) is 0. The van der Waals surface area contributed by atoms with E-state index in [1.807, 2.05) is 5.32 Å². The Labute approximate surface area is 62.4 Å². The molecule has 0 aliphatic rings. The Kier molecular flexibility index (Phi) is 4.92. The molecular weight excluding hydrogens is 157 g/mol. The summed E-state index contributed by atoms with van der Waals surface area (Å²) in [6.45, 7) is 1.61. The van der Waals surface area contributed by atoms with E-state index in [9.17, 15) is 14.0 Å². The Morgan fingerprint density at radius 3 is 2.60 bits per heavy atom. The number of halogens is 1. The van der Waals surface area contributed by atoms with Crippen molar-refractivity contribution < 1.29 is 14.0 Å². The highest BCUT2D eigenvalue weighted by Gasteiger charge is 1.96. The number of hydrogen-bond donors (Lipinski definition) is 1. The van der Waals surface area contributed by atoms with Crippen molar-refractivity contribution >= 4 is 23.0 Å². The Morgan fingerprint density at radius 2 is 2.20 bits per heavy atom. The topological polar surface area (TPSA) is 46.2 Å². The van der Waals surface area contributed by atoms with Crippen molar-refractivity contribution in [2.45, 2.75) is 6.92 Å². The molecule has 0 aliphatic heterocycles. The quantitative estimate of drug-likeness (QED) is 0.384. The standard InChI is InChI=1S/C5H8FNO2S/c1-4(8)10-3-2-7-5(6)9/h2-3H2,1H3,(H,7,9). The second-order valence-electron chi connectivity index (χ2n) is 1.54. The molecule has 0 atom stereocenters. The van der Waals surface area contributed by atoms with E-state index in [2.05, 4.69) is 0 Å². The molecule has 0 bridgehead atoms. The van der Waals surface area contributed by atoms with Gasteiger partial charge in [0.25, 0.3) is 0 Å². The number of nitrogens with one attached hydrogen (secondary N) is 1. The minimum atomic E-state index is -1.55. The van der Waals surface area contributed by atoms with E-state index >= 15 is 0 Å². The van der Waals surface area contributed by atoms with Crippen LogP contribution in [0.4, 0.5) is 9.18 Å². The maximum atomic E-state index is 11.4. The molecule has 0 aromatic carbocycles. The average Bonchev–Trinajstić information content (AvgIpc) is 1.79. The predicted molar refractivity (Wildman–Crippen MR) is 37.6 cm³/mol. The molecule has 0 aliphatic carbocycles. The van der Waals surface area contributed by atoms with Gasteiger partial charge in [-0.25, -0.2) is 4.79 Å². The van der Waals surface area contributed by atoms with Gasteiger partial charge in [-0.3, -0.25) is 4.79 Å². The normalized spacial score (nSPS) is 9.00. The lowest BCUT2D eigenvalue weighted by Gasteiger charge is -1.95. The van der Waals surface area contributed by atoms with Gasteiger partial charge in [-0.05, 0) is 0 Å². The third-order valence-corrected chi connectivity index (χ3v) is 1.49. The molecule has 0 rings (SSSR count). The second-order valence-corrected chi connectivity index (χ2v) is 2.81. The smallest absolute Gasteiger partial charge is 0.327 e. The molecule has 0 heterocycles. The van der Waals surface area contributed by atoms with Crippen LogP contribution in [0.3, 0.4) is 0 Å². The molecule has 58 valence electrons. The average molecular weight is 165 g/mol. The van der Waals surface area contributed by atoms with E-state index in [0.29, 0.717) is 5.75 Å². The van der Waals surface area contributed by atoms with Crippen LogP contribution in [0, 0.1) is 0 Å². The molecule has 0 unspecified atom stereocenters. The van der Waals surface area contributed by atoms with Crippen LogP contribution in [0.15, 0.2) is 0 Å². The summed E-state index contributed by atoms with van der Waals surface area (Å²) < 4.78 is 11.4. The van der Waals surface area contributed by atoms with Crippen LogP contribution >= 0.6 is 11.8 Å². The first-order valence-corrected chi connectivity index (χ1v) is 3.68. The summed E-state index contributed by atoms with van der Waals surface area (Å²) >= 11 is 1.05. The van der Waals surface area contributed by atoms with Crippen LogP contribution in [0.5, 0.6) is 0 Å². The number of amides is 1. The molecule has 0 fully saturated rings. The number of hydrogen-bond acceptors (Lipinski definition) is 3.